The molecule has 0 aromatic carbocycles. The smallest absolute Gasteiger partial charge is 0.263 e. The molecule has 0 bridgehead atoms. The van der Waals surface area contributed by atoms with Gasteiger partial charge in [0.1, 0.15) is 4.88 Å². The summed E-state index contributed by atoms with van der Waals surface area (Å²) in [6, 6.07) is 0. The number of thiazole rings is 1. The number of rotatable bonds is 3. The molecule has 1 aliphatic rings. The lowest BCUT2D eigenvalue weighted by Crippen LogP contribution is -2.44. The lowest BCUT2D eigenvalue weighted by atomic mass is 9.85. The van der Waals surface area contributed by atoms with E-state index in [0.717, 1.165) is 36.4 Å². The van der Waals surface area contributed by atoms with Gasteiger partial charge < -0.3 is 10.4 Å². The summed E-state index contributed by atoms with van der Waals surface area (Å²) < 4.78 is 0. The molecule has 5 heteroatoms. The Morgan fingerprint density at radius 2 is 2.06 bits per heavy atom. The molecule has 1 aliphatic carbocycles. The molecule has 18 heavy (non-hydrogen) atoms. The number of aromatic nitrogens is 1. The highest BCUT2D eigenvalue weighted by molar-refractivity contribution is 7.13. The van der Waals surface area contributed by atoms with Gasteiger partial charge in [-0.15, -0.1) is 11.3 Å². The van der Waals surface area contributed by atoms with E-state index in [9.17, 15) is 9.90 Å². The fourth-order valence-corrected chi connectivity index (χ4v) is 3.29. The number of nitrogens with zero attached hydrogens (tertiary/aromatic N) is 1. The molecule has 1 aromatic heterocycles. The van der Waals surface area contributed by atoms with E-state index in [1.165, 1.54) is 17.8 Å². The first kappa shape index (κ1) is 13.5. The van der Waals surface area contributed by atoms with Crippen molar-refractivity contribution in [3.8, 4) is 0 Å². The topological polar surface area (TPSA) is 62.2 Å². The quantitative estimate of drug-likeness (QED) is 0.883. The number of aryl methyl sites for hydroxylation is 2. The molecule has 100 valence electrons. The molecule has 0 atom stereocenters. The van der Waals surface area contributed by atoms with E-state index >= 15 is 0 Å². The number of nitrogens with one attached hydrogen (secondary N) is 1. The summed E-state index contributed by atoms with van der Waals surface area (Å²) in [5, 5.41) is 14.1. The van der Waals surface area contributed by atoms with Gasteiger partial charge in [0.15, 0.2) is 0 Å². The number of hydrogen-bond donors (Lipinski definition) is 2. The van der Waals surface area contributed by atoms with Crippen molar-refractivity contribution in [3.05, 3.63) is 15.6 Å². The first-order valence-electron chi connectivity index (χ1n) is 6.45. The lowest BCUT2D eigenvalue weighted by Gasteiger charge is -2.32. The van der Waals surface area contributed by atoms with Gasteiger partial charge in [0.2, 0.25) is 0 Å². The molecule has 1 fully saturated rings. The van der Waals surface area contributed by atoms with Gasteiger partial charge in [-0.05, 0) is 26.7 Å². The molecule has 0 saturated heterocycles. The molecule has 4 nitrogen and oxygen atoms in total. The third-order valence-electron chi connectivity index (χ3n) is 3.47. The van der Waals surface area contributed by atoms with E-state index in [-0.39, 0.29) is 5.91 Å². The van der Waals surface area contributed by atoms with Gasteiger partial charge >= 0.3 is 0 Å². The number of aliphatic hydroxyl groups is 1. The normalized spacial score (nSPS) is 18.6. The minimum Gasteiger partial charge on any atom is -0.388 e. The summed E-state index contributed by atoms with van der Waals surface area (Å²) in [5.74, 6) is -0.114. The molecule has 2 rings (SSSR count). The van der Waals surface area contributed by atoms with Crippen LogP contribution in [0.25, 0.3) is 0 Å². The van der Waals surface area contributed by atoms with Crippen molar-refractivity contribution >= 4 is 17.2 Å². The summed E-state index contributed by atoms with van der Waals surface area (Å²) in [6.45, 7) is 4.08. The van der Waals surface area contributed by atoms with E-state index in [1.54, 1.807) is 0 Å². The number of amides is 1. The Hall–Kier alpha value is -0.940. The molecule has 0 spiro atoms. The van der Waals surface area contributed by atoms with Crippen LogP contribution in [0.5, 0.6) is 0 Å². The Morgan fingerprint density at radius 3 is 2.61 bits per heavy atom. The Labute approximate surface area is 111 Å². The second-order valence-electron chi connectivity index (χ2n) is 5.12. The Balaban J connectivity index is 1.94. The van der Waals surface area contributed by atoms with Gasteiger partial charge in [-0.3, -0.25) is 4.79 Å². The van der Waals surface area contributed by atoms with Gasteiger partial charge in [0, 0.05) is 6.54 Å². The molecular formula is C13H20N2O2S. The maximum Gasteiger partial charge on any atom is 0.263 e. The average Bonchev–Trinajstić information content (AvgIpc) is 2.67. The number of carbonyl (C=O) groups excluding carboxylic acids is 1. The van der Waals surface area contributed by atoms with E-state index in [1.807, 2.05) is 13.8 Å². The van der Waals surface area contributed by atoms with Crippen molar-refractivity contribution in [2.45, 2.75) is 51.6 Å². The standard InChI is InChI=1S/C13H20N2O2S/c1-9-11(18-10(2)15-9)12(16)14-8-13(17)6-4-3-5-7-13/h17H,3-8H2,1-2H3,(H,14,16). The first-order valence-corrected chi connectivity index (χ1v) is 7.26. The molecule has 1 saturated carbocycles. The Kier molecular flexibility index (Phi) is 4.02. The summed E-state index contributed by atoms with van der Waals surface area (Å²) in [7, 11) is 0. The van der Waals surface area contributed by atoms with E-state index in [2.05, 4.69) is 10.3 Å². The second kappa shape index (κ2) is 5.36. The largest absolute Gasteiger partial charge is 0.388 e. The summed E-state index contributed by atoms with van der Waals surface area (Å²) in [5.41, 5.74) is 0.0623. The van der Waals surface area contributed by atoms with Crippen molar-refractivity contribution in [3.63, 3.8) is 0 Å². The molecular weight excluding hydrogens is 248 g/mol. The highest BCUT2D eigenvalue weighted by Crippen LogP contribution is 2.27. The van der Waals surface area contributed by atoms with Crippen LogP contribution in [-0.4, -0.2) is 28.1 Å². The third kappa shape index (κ3) is 3.09. The lowest BCUT2D eigenvalue weighted by molar-refractivity contribution is 0.00528. The van der Waals surface area contributed by atoms with Crippen LogP contribution in [-0.2, 0) is 0 Å². The zero-order valence-corrected chi connectivity index (χ0v) is 11.8. The van der Waals surface area contributed by atoms with Gasteiger partial charge in [0.05, 0.1) is 16.3 Å². The molecule has 1 aromatic rings. The van der Waals surface area contributed by atoms with Crippen molar-refractivity contribution < 1.29 is 9.90 Å². The minimum absolute atomic E-state index is 0.114. The molecule has 2 N–H and O–H groups in total. The second-order valence-corrected chi connectivity index (χ2v) is 6.32. The van der Waals surface area contributed by atoms with Crippen LogP contribution < -0.4 is 5.32 Å². The van der Waals surface area contributed by atoms with E-state index < -0.39 is 5.60 Å². The molecule has 1 amide bonds. The van der Waals surface area contributed by atoms with Crippen LogP contribution in [0.4, 0.5) is 0 Å². The summed E-state index contributed by atoms with van der Waals surface area (Å²) in [4.78, 5) is 16.9. The monoisotopic (exact) mass is 268 g/mol. The van der Waals surface area contributed by atoms with Gasteiger partial charge in [0.25, 0.3) is 5.91 Å². The molecule has 0 aliphatic heterocycles. The van der Waals surface area contributed by atoms with Crippen LogP contribution in [0.3, 0.4) is 0 Å². The number of carbonyl (C=O) groups is 1. The first-order chi connectivity index (χ1) is 8.50. The van der Waals surface area contributed by atoms with Gasteiger partial charge in [-0.1, -0.05) is 19.3 Å². The highest BCUT2D eigenvalue weighted by atomic mass is 32.1. The zero-order valence-electron chi connectivity index (χ0n) is 11.0. The fourth-order valence-electron chi connectivity index (χ4n) is 2.45. The van der Waals surface area contributed by atoms with Crippen molar-refractivity contribution in [2.75, 3.05) is 6.54 Å². The van der Waals surface area contributed by atoms with Gasteiger partial charge in [-0.2, -0.15) is 0 Å². The van der Waals surface area contributed by atoms with Crippen LogP contribution in [0, 0.1) is 13.8 Å². The summed E-state index contributed by atoms with van der Waals surface area (Å²) >= 11 is 1.40. The van der Waals surface area contributed by atoms with E-state index in [0.29, 0.717) is 11.4 Å². The van der Waals surface area contributed by atoms with Crippen molar-refractivity contribution in [1.82, 2.24) is 10.3 Å². The molecule has 1 heterocycles. The predicted molar refractivity (Wildman–Crippen MR) is 72.0 cm³/mol. The average molecular weight is 268 g/mol. The fraction of sp³-hybridized carbons (Fsp3) is 0.692. The third-order valence-corrected chi connectivity index (χ3v) is 4.54. The Morgan fingerprint density at radius 1 is 1.39 bits per heavy atom. The van der Waals surface area contributed by atoms with Crippen molar-refractivity contribution in [2.24, 2.45) is 0 Å². The predicted octanol–water partition coefficient (Wildman–Crippen LogP) is 2.18. The molecule has 0 unspecified atom stereocenters. The van der Waals surface area contributed by atoms with E-state index in [4.69, 9.17) is 0 Å². The Bertz CT molecular complexity index is 436. The maximum atomic E-state index is 12.0. The minimum atomic E-state index is -0.707. The van der Waals surface area contributed by atoms with Gasteiger partial charge in [-0.25, -0.2) is 4.98 Å². The SMILES string of the molecule is Cc1nc(C)c(C(=O)NCC2(O)CCCCC2)s1. The van der Waals surface area contributed by atoms with Crippen LogP contribution in [0.1, 0.15) is 52.5 Å². The zero-order chi connectivity index (χ0) is 13.2. The summed E-state index contributed by atoms with van der Waals surface area (Å²) in [6.07, 6.45) is 4.85. The highest BCUT2D eigenvalue weighted by Gasteiger charge is 2.29. The van der Waals surface area contributed by atoms with Crippen LogP contribution >= 0.6 is 11.3 Å². The van der Waals surface area contributed by atoms with Crippen LogP contribution in [0.2, 0.25) is 0 Å². The van der Waals surface area contributed by atoms with Crippen molar-refractivity contribution in [1.29, 1.82) is 0 Å². The molecule has 0 radical (unpaired) electrons. The maximum absolute atomic E-state index is 12.0. The van der Waals surface area contributed by atoms with Crippen LogP contribution in [0.15, 0.2) is 0 Å². The number of hydrogen-bond acceptors (Lipinski definition) is 4.